The van der Waals surface area contributed by atoms with E-state index in [1.807, 2.05) is 24.3 Å². The molecule has 0 amide bonds. The Labute approximate surface area is 226 Å². The van der Waals surface area contributed by atoms with Crippen molar-refractivity contribution in [3.05, 3.63) is 89.5 Å². The van der Waals surface area contributed by atoms with Crippen molar-refractivity contribution in [2.75, 3.05) is 29.2 Å². The number of aryl methyl sites for hydroxylation is 1. The molecular formula is C29H30N6O4. The maximum Gasteiger partial charge on any atom is 0.338 e. The van der Waals surface area contributed by atoms with Crippen molar-refractivity contribution in [1.29, 1.82) is 0 Å². The molecule has 10 heteroatoms. The average Bonchev–Trinajstić information content (AvgIpc) is 2.94. The van der Waals surface area contributed by atoms with Gasteiger partial charge < -0.3 is 25.4 Å². The molecule has 0 bridgehead atoms. The van der Waals surface area contributed by atoms with E-state index in [0.29, 0.717) is 41.7 Å². The predicted octanol–water partition coefficient (Wildman–Crippen LogP) is 6.02. The number of ether oxygens (including phenoxy) is 2. The van der Waals surface area contributed by atoms with Crippen LogP contribution in [0.5, 0.6) is 0 Å². The molecule has 10 nitrogen and oxygen atoms in total. The van der Waals surface area contributed by atoms with Crippen molar-refractivity contribution in [3.63, 3.8) is 0 Å². The summed E-state index contributed by atoms with van der Waals surface area (Å²) in [5.41, 5.74) is 4.26. The highest BCUT2D eigenvalue weighted by Gasteiger charge is 2.12. The fourth-order valence-electron chi connectivity index (χ4n) is 3.68. The van der Waals surface area contributed by atoms with Crippen molar-refractivity contribution in [1.82, 2.24) is 15.0 Å². The SMILES string of the molecule is CCOC(=O)c1ccc(Nc2nc(Nc3ccc(C(=O)OCC)cc3)nc(Nc3ccccc3CC)n2)cc1. The first-order valence-electron chi connectivity index (χ1n) is 12.7. The van der Waals surface area contributed by atoms with Crippen LogP contribution < -0.4 is 16.0 Å². The highest BCUT2D eigenvalue weighted by Crippen LogP contribution is 2.23. The van der Waals surface area contributed by atoms with Gasteiger partial charge in [0, 0.05) is 17.1 Å². The van der Waals surface area contributed by atoms with E-state index in [0.717, 1.165) is 17.7 Å². The lowest BCUT2D eigenvalue weighted by Gasteiger charge is -2.13. The number of benzene rings is 3. The van der Waals surface area contributed by atoms with Gasteiger partial charge >= 0.3 is 11.9 Å². The zero-order chi connectivity index (χ0) is 27.6. The molecule has 0 saturated heterocycles. The van der Waals surface area contributed by atoms with Crippen molar-refractivity contribution < 1.29 is 19.1 Å². The van der Waals surface area contributed by atoms with Gasteiger partial charge in [-0.1, -0.05) is 25.1 Å². The number of carbonyl (C=O) groups excluding carboxylic acids is 2. The molecule has 0 spiro atoms. The lowest BCUT2D eigenvalue weighted by Crippen LogP contribution is -2.09. The van der Waals surface area contributed by atoms with Crippen LogP contribution in [0, 0.1) is 0 Å². The number of esters is 2. The first-order chi connectivity index (χ1) is 19.0. The summed E-state index contributed by atoms with van der Waals surface area (Å²) < 4.78 is 10.1. The predicted molar refractivity (Wildman–Crippen MR) is 150 cm³/mol. The average molecular weight is 527 g/mol. The largest absolute Gasteiger partial charge is 0.462 e. The van der Waals surface area contributed by atoms with Crippen LogP contribution in [0.1, 0.15) is 47.1 Å². The smallest absolute Gasteiger partial charge is 0.338 e. The molecule has 0 fully saturated rings. The van der Waals surface area contributed by atoms with Crippen LogP contribution in [0.2, 0.25) is 0 Å². The van der Waals surface area contributed by atoms with Crippen LogP contribution in [-0.2, 0) is 15.9 Å². The fourth-order valence-corrected chi connectivity index (χ4v) is 3.68. The Bertz CT molecular complexity index is 1340. The van der Waals surface area contributed by atoms with E-state index in [-0.39, 0.29) is 23.8 Å². The van der Waals surface area contributed by atoms with E-state index in [1.165, 1.54) is 0 Å². The van der Waals surface area contributed by atoms with E-state index >= 15 is 0 Å². The van der Waals surface area contributed by atoms with Crippen molar-refractivity contribution in [3.8, 4) is 0 Å². The molecule has 0 saturated carbocycles. The Morgan fingerprint density at radius 1 is 0.615 bits per heavy atom. The summed E-state index contributed by atoms with van der Waals surface area (Å²) in [5.74, 6) is 0.144. The number of nitrogens with one attached hydrogen (secondary N) is 3. The first kappa shape index (κ1) is 27.1. The zero-order valence-corrected chi connectivity index (χ0v) is 22.0. The maximum atomic E-state index is 12.0. The molecule has 1 aromatic heterocycles. The van der Waals surface area contributed by atoms with Gasteiger partial charge in [0.1, 0.15) is 0 Å². The summed E-state index contributed by atoms with van der Waals surface area (Å²) in [6.45, 7) is 6.22. The van der Waals surface area contributed by atoms with Gasteiger partial charge in [-0.2, -0.15) is 15.0 Å². The first-order valence-corrected chi connectivity index (χ1v) is 12.7. The second-order valence-electron chi connectivity index (χ2n) is 8.29. The van der Waals surface area contributed by atoms with Crippen LogP contribution in [0.15, 0.2) is 72.8 Å². The molecule has 4 rings (SSSR count). The number of carbonyl (C=O) groups is 2. The summed E-state index contributed by atoms with van der Waals surface area (Å²) in [5, 5.41) is 9.62. The molecule has 39 heavy (non-hydrogen) atoms. The quantitative estimate of drug-likeness (QED) is 0.200. The van der Waals surface area contributed by atoms with Crippen molar-refractivity contribution in [2.24, 2.45) is 0 Å². The third-order valence-electron chi connectivity index (χ3n) is 5.58. The second kappa shape index (κ2) is 13.0. The number of anilines is 6. The van der Waals surface area contributed by atoms with E-state index in [1.54, 1.807) is 62.4 Å². The van der Waals surface area contributed by atoms with Gasteiger partial charge in [-0.05, 0) is 80.4 Å². The Kier molecular flexibility index (Phi) is 9.02. The molecule has 3 N–H and O–H groups in total. The molecule has 0 radical (unpaired) electrons. The monoisotopic (exact) mass is 526 g/mol. The van der Waals surface area contributed by atoms with Crippen LogP contribution in [0.25, 0.3) is 0 Å². The number of para-hydroxylation sites is 1. The molecule has 200 valence electrons. The van der Waals surface area contributed by atoms with Gasteiger partial charge in [0.2, 0.25) is 17.8 Å². The second-order valence-corrected chi connectivity index (χ2v) is 8.29. The number of rotatable bonds is 11. The summed E-state index contributed by atoms with van der Waals surface area (Å²) in [7, 11) is 0. The summed E-state index contributed by atoms with van der Waals surface area (Å²) in [4.78, 5) is 37.6. The van der Waals surface area contributed by atoms with Crippen LogP contribution in [0.4, 0.5) is 34.9 Å². The molecule has 0 aliphatic rings. The van der Waals surface area contributed by atoms with E-state index in [4.69, 9.17) is 9.47 Å². The maximum absolute atomic E-state index is 12.0. The molecule has 4 aromatic rings. The minimum absolute atomic E-state index is 0.288. The van der Waals surface area contributed by atoms with Crippen molar-refractivity contribution >= 4 is 46.8 Å². The minimum atomic E-state index is -0.384. The van der Waals surface area contributed by atoms with E-state index < -0.39 is 0 Å². The van der Waals surface area contributed by atoms with Gasteiger partial charge in [-0.25, -0.2) is 9.59 Å². The molecule has 1 heterocycles. The summed E-state index contributed by atoms with van der Waals surface area (Å²) in [6.07, 6.45) is 0.837. The Hall–Kier alpha value is -4.99. The summed E-state index contributed by atoms with van der Waals surface area (Å²) >= 11 is 0. The fraction of sp³-hybridized carbons (Fsp3) is 0.207. The van der Waals surface area contributed by atoms with Gasteiger partial charge in [-0.15, -0.1) is 0 Å². The molecule has 0 aliphatic carbocycles. The van der Waals surface area contributed by atoms with Gasteiger partial charge in [0.25, 0.3) is 0 Å². The van der Waals surface area contributed by atoms with Crippen LogP contribution in [0.3, 0.4) is 0 Å². The third kappa shape index (κ3) is 7.29. The molecule has 0 unspecified atom stereocenters. The number of nitrogens with zero attached hydrogens (tertiary/aromatic N) is 3. The molecule has 0 aliphatic heterocycles. The molecular weight excluding hydrogens is 496 g/mol. The van der Waals surface area contributed by atoms with Gasteiger partial charge in [0.15, 0.2) is 0 Å². The topological polar surface area (TPSA) is 127 Å². The van der Waals surface area contributed by atoms with Gasteiger partial charge in [-0.3, -0.25) is 0 Å². The Balaban J connectivity index is 1.60. The van der Waals surface area contributed by atoms with E-state index in [9.17, 15) is 9.59 Å². The number of aromatic nitrogens is 3. The minimum Gasteiger partial charge on any atom is -0.462 e. The Morgan fingerprint density at radius 3 is 1.49 bits per heavy atom. The molecule has 0 atom stereocenters. The van der Waals surface area contributed by atoms with Gasteiger partial charge in [0.05, 0.1) is 24.3 Å². The van der Waals surface area contributed by atoms with E-state index in [2.05, 4.69) is 37.8 Å². The number of hydrogen-bond acceptors (Lipinski definition) is 10. The highest BCUT2D eigenvalue weighted by molar-refractivity contribution is 5.90. The lowest BCUT2D eigenvalue weighted by atomic mass is 10.1. The highest BCUT2D eigenvalue weighted by atomic mass is 16.5. The normalized spacial score (nSPS) is 10.4. The lowest BCUT2D eigenvalue weighted by molar-refractivity contribution is 0.0517. The van der Waals surface area contributed by atoms with Crippen LogP contribution >= 0.6 is 0 Å². The Morgan fingerprint density at radius 2 is 1.05 bits per heavy atom. The van der Waals surface area contributed by atoms with Crippen LogP contribution in [-0.4, -0.2) is 40.1 Å². The summed E-state index contributed by atoms with van der Waals surface area (Å²) in [6, 6.07) is 21.6. The zero-order valence-electron chi connectivity index (χ0n) is 22.0. The number of hydrogen-bond donors (Lipinski definition) is 3. The standard InChI is InChI=1S/C29H30N6O4/c1-4-19-9-7-8-10-24(19)32-29-34-27(30-22-15-11-20(12-16-22)25(36)38-5-2)33-28(35-29)31-23-17-13-21(14-18-23)26(37)39-6-3/h7-18H,4-6H2,1-3H3,(H3,30,31,32,33,34,35). The molecule has 3 aromatic carbocycles. The van der Waals surface area contributed by atoms with Crippen molar-refractivity contribution in [2.45, 2.75) is 27.2 Å². The third-order valence-corrected chi connectivity index (χ3v) is 5.58.